The Kier molecular flexibility index (Phi) is 3.84. The van der Waals surface area contributed by atoms with E-state index in [-0.39, 0.29) is 5.91 Å². The van der Waals surface area contributed by atoms with Gasteiger partial charge in [0, 0.05) is 22.6 Å². The Hall–Kier alpha value is -1.99. The van der Waals surface area contributed by atoms with Crippen LogP contribution >= 0.6 is 27.3 Å². The molecule has 0 radical (unpaired) electrons. The zero-order valence-corrected chi connectivity index (χ0v) is 14.4. The number of nitrogens with two attached hydrogens (primary N) is 1. The molecule has 0 aliphatic rings. The third kappa shape index (κ3) is 2.69. The van der Waals surface area contributed by atoms with Crippen molar-refractivity contribution < 1.29 is 4.79 Å². The van der Waals surface area contributed by atoms with E-state index in [0.717, 1.165) is 31.5 Å². The number of nitrogens with zero attached hydrogens (tertiary/aromatic N) is 2. The van der Waals surface area contributed by atoms with Crippen molar-refractivity contribution in [2.45, 2.75) is 13.8 Å². The highest BCUT2D eigenvalue weighted by Crippen LogP contribution is 2.34. The van der Waals surface area contributed by atoms with Crippen molar-refractivity contribution in [2.75, 3.05) is 11.1 Å². The fourth-order valence-electron chi connectivity index (χ4n) is 2.32. The number of aryl methyl sites for hydroxylation is 2. The van der Waals surface area contributed by atoms with E-state index in [0.29, 0.717) is 10.7 Å². The number of hydrogen-bond acceptors (Lipinski definition) is 5. The molecule has 2 aromatic heterocycles. The molecule has 22 heavy (non-hydrogen) atoms. The summed E-state index contributed by atoms with van der Waals surface area (Å²) in [6, 6.07) is 3.67. The summed E-state index contributed by atoms with van der Waals surface area (Å²) in [7, 11) is 0. The summed E-state index contributed by atoms with van der Waals surface area (Å²) >= 11 is 4.74. The van der Waals surface area contributed by atoms with Crippen LogP contribution in [0, 0.1) is 13.8 Å². The van der Waals surface area contributed by atoms with Crippen LogP contribution in [0.3, 0.4) is 0 Å². The van der Waals surface area contributed by atoms with E-state index >= 15 is 0 Å². The maximum Gasteiger partial charge on any atom is 0.257 e. The lowest BCUT2D eigenvalue weighted by Gasteiger charge is -2.12. The molecule has 3 N–H and O–H groups in total. The number of fused-ring (bicyclic) bond motifs is 1. The van der Waals surface area contributed by atoms with Crippen molar-refractivity contribution in [3.63, 3.8) is 0 Å². The van der Waals surface area contributed by atoms with Crippen LogP contribution in [0.25, 0.3) is 10.2 Å². The van der Waals surface area contributed by atoms with Gasteiger partial charge in [-0.05, 0) is 53.0 Å². The second-order valence-corrected chi connectivity index (χ2v) is 6.89. The zero-order chi connectivity index (χ0) is 15.9. The first-order valence-electron chi connectivity index (χ1n) is 6.54. The number of halogens is 1. The molecule has 3 aromatic rings. The van der Waals surface area contributed by atoms with Gasteiger partial charge >= 0.3 is 0 Å². The Morgan fingerprint density at radius 2 is 2.09 bits per heavy atom. The molecule has 1 aromatic carbocycles. The summed E-state index contributed by atoms with van der Waals surface area (Å²) in [5.41, 5.74) is 9.85. The topological polar surface area (TPSA) is 80.9 Å². The molecule has 0 saturated heterocycles. The standard InChI is InChI=1S/C15H13BrN4OS/c1-7-3-11-13(22-15(17)19-11)8(2)12(7)20-14(21)9-4-10(16)6-18-5-9/h3-6H,1-2H3,(H2,17,19)(H,20,21). The Labute approximate surface area is 139 Å². The second kappa shape index (κ2) is 5.66. The average Bonchev–Trinajstić information content (AvgIpc) is 2.84. The molecule has 0 unspecified atom stereocenters. The molecule has 0 aliphatic carbocycles. The van der Waals surface area contributed by atoms with Gasteiger partial charge in [0.15, 0.2) is 5.13 Å². The number of amides is 1. The van der Waals surface area contributed by atoms with Crippen LogP contribution in [0.5, 0.6) is 0 Å². The van der Waals surface area contributed by atoms with Gasteiger partial charge < -0.3 is 11.1 Å². The van der Waals surface area contributed by atoms with Gasteiger partial charge in [0.05, 0.1) is 15.8 Å². The minimum Gasteiger partial charge on any atom is -0.375 e. The van der Waals surface area contributed by atoms with Crippen molar-refractivity contribution in [3.8, 4) is 0 Å². The first-order chi connectivity index (χ1) is 10.5. The molecule has 0 fully saturated rings. The lowest BCUT2D eigenvalue weighted by molar-refractivity contribution is 0.102. The van der Waals surface area contributed by atoms with Crippen LogP contribution < -0.4 is 11.1 Å². The number of anilines is 2. The Balaban J connectivity index is 2.01. The third-order valence-corrected chi connectivity index (χ3v) is 4.79. The summed E-state index contributed by atoms with van der Waals surface area (Å²) in [6.07, 6.45) is 3.17. The maximum atomic E-state index is 12.4. The number of rotatable bonds is 2. The van der Waals surface area contributed by atoms with Gasteiger partial charge in [0.2, 0.25) is 0 Å². The van der Waals surface area contributed by atoms with Crippen LogP contribution in [-0.2, 0) is 0 Å². The molecule has 0 spiro atoms. The monoisotopic (exact) mass is 376 g/mol. The van der Waals surface area contributed by atoms with E-state index in [1.165, 1.54) is 17.5 Å². The highest BCUT2D eigenvalue weighted by Gasteiger charge is 2.15. The Bertz CT molecular complexity index is 891. The molecule has 1 amide bonds. The fraction of sp³-hybridized carbons (Fsp3) is 0.133. The number of benzene rings is 1. The number of aromatic nitrogens is 2. The molecule has 2 heterocycles. The summed E-state index contributed by atoms with van der Waals surface area (Å²) in [4.78, 5) is 20.7. The summed E-state index contributed by atoms with van der Waals surface area (Å²) in [5.74, 6) is -0.197. The van der Waals surface area contributed by atoms with Gasteiger partial charge in [-0.3, -0.25) is 9.78 Å². The van der Waals surface area contributed by atoms with E-state index in [1.54, 1.807) is 12.3 Å². The smallest absolute Gasteiger partial charge is 0.257 e. The third-order valence-electron chi connectivity index (χ3n) is 3.34. The van der Waals surface area contributed by atoms with Gasteiger partial charge in [-0.15, -0.1) is 0 Å². The molecule has 0 aliphatic heterocycles. The Morgan fingerprint density at radius 3 is 2.82 bits per heavy atom. The maximum absolute atomic E-state index is 12.4. The molecule has 0 bridgehead atoms. The normalized spacial score (nSPS) is 10.9. The van der Waals surface area contributed by atoms with Crippen molar-refractivity contribution in [3.05, 3.63) is 45.7 Å². The minimum atomic E-state index is -0.197. The van der Waals surface area contributed by atoms with Crippen LogP contribution in [0.4, 0.5) is 10.8 Å². The number of pyridine rings is 1. The van der Waals surface area contributed by atoms with Crippen LogP contribution in [0.2, 0.25) is 0 Å². The number of carbonyl (C=O) groups excluding carboxylic acids is 1. The van der Waals surface area contributed by atoms with E-state index in [9.17, 15) is 4.79 Å². The molecule has 0 atom stereocenters. The van der Waals surface area contributed by atoms with Gasteiger partial charge in [-0.1, -0.05) is 11.3 Å². The van der Waals surface area contributed by atoms with Crippen molar-refractivity contribution in [2.24, 2.45) is 0 Å². The number of nitrogens with one attached hydrogen (secondary N) is 1. The van der Waals surface area contributed by atoms with Crippen LogP contribution in [0.15, 0.2) is 29.0 Å². The van der Waals surface area contributed by atoms with Gasteiger partial charge in [-0.25, -0.2) is 4.98 Å². The number of thiazole rings is 1. The molecule has 112 valence electrons. The average molecular weight is 377 g/mol. The summed E-state index contributed by atoms with van der Waals surface area (Å²) in [5, 5.41) is 3.49. The number of carbonyl (C=O) groups is 1. The van der Waals surface area contributed by atoms with Crippen LogP contribution in [0.1, 0.15) is 21.5 Å². The zero-order valence-electron chi connectivity index (χ0n) is 12.0. The van der Waals surface area contributed by atoms with E-state index in [4.69, 9.17) is 5.73 Å². The number of hydrogen-bond donors (Lipinski definition) is 2. The van der Waals surface area contributed by atoms with Gasteiger partial charge in [0.25, 0.3) is 5.91 Å². The first kappa shape index (κ1) is 14.9. The quantitative estimate of drug-likeness (QED) is 0.710. The molecule has 5 nitrogen and oxygen atoms in total. The van der Waals surface area contributed by atoms with Crippen molar-refractivity contribution in [1.29, 1.82) is 0 Å². The summed E-state index contributed by atoms with van der Waals surface area (Å²) < 4.78 is 1.75. The fourth-order valence-corrected chi connectivity index (χ4v) is 3.50. The second-order valence-electron chi connectivity index (χ2n) is 4.94. The molecule has 3 rings (SSSR count). The van der Waals surface area contributed by atoms with E-state index < -0.39 is 0 Å². The van der Waals surface area contributed by atoms with Gasteiger partial charge in [-0.2, -0.15) is 0 Å². The highest BCUT2D eigenvalue weighted by atomic mass is 79.9. The Morgan fingerprint density at radius 1 is 1.32 bits per heavy atom. The summed E-state index contributed by atoms with van der Waals surface area (Å²) in [6.45, 7) is 3.90. The van der Waals surface area contributed by atoms with Crippen molar-refractivity contribution >= 4 is 54.2 Å². The van der Waals surface area contributed by atoms with E-state index in [1.807, 2.05) is 19.9 Å². The molecule has 7 heteroatoms. The minimum absolute atomic E-state index is 0.197. The number of nitrogen functional groups attached to an aromatic ring is 1. The van der Waals surface area contributed by atoms with Crippen molar-refractivity contribution in [1.82, 2.24) is 9.97 Å². The van der Waals surface area contributed by atoms with E-state index in [2.05, 4.69) is 31.2 Å². The highest BCUT2D eigenvalue weighted by molar-refractivity contribution is 9.10. The lowest BCUT2D eigenvalue weighted by Crippen LogP contribution is -2.14. The van der Waals surface area contributed by atoms with Crippen LogP contribution in [-0.4, -0.2) is 15.9 Å². The molecule has 0 saturated carbocycles. The van der Waals surface area contributed by atoms with Gasteiger partial charge in [0.1, 0.15) is 0 Å². The lowest BCUT2D eigenvalue weighted by atomic mass is 10.1. The SMILES string of the molecule is Cc1cc2nc(N)sc2c(C)c1NC(=O)c1cncc(Br)c1. The molecular weight excluding hydrogens is 364 g/mol. The predicted molar refractivity (Wildman–Crippen MR) is 93.4 cm³/mol. The largest absolute Gasteiger partial charge is 0.375 e. The predicted octanol–water partition coefficient (Wildman–Crippen LogP) is 3.91. The first-order valence-corrected chi connectivity index (χ1v) is 8.15. The molecular formula is C15H13BrN4OS.